The molecule has 0 aliphatic carbocycles. The molecule has 0 amide bonds. The van der Waals surface area contributed by atoms with Crippen LogP contribution >= 0.6 is 11.6 Å². The molecule has 0 atom stereocenters. The summed E-state index contributed by atoms with van der Waals surface area (Å²) >= 11 is 6.06. The van der Waals surface area contributed by atoms with Crippen molar-refractivity contribution in [2.24, 2.45) is 0 Å². The van der Waals surface area contributed by atoms with Gasteiger partial charge in [0.05, 0.1) is 11.4 Å². The molecule has 2 rings (SSSR count). The summed E-state index contributed by atoms with van der Waals surface area (Å²) in [6.45, 7) is 0.429. The number of carboxylic acid groups (broad SMARTS) is 1. The Balaban J connectivity index is 0.00000200. The predicted octanol–water partition coefficient (Wildman–Crippen LogP) is 3.17. The van der Waals surface area contributed by atoms with Crippen molar-refractivity contribution in [3.63, 3.8) is 0 Å². The zero-order chi connectivity index (χ0) is 13.7. The van der Waals surface area contributed by atoms with Crippen LogP contribution in [0.2, 0.25) is 5.02 Å². The van der Waals surface area contributed by atoms with E-state index in [9.17, 15) is 4.79 Å². The Morgan fingerprint density at radius 1 is 1.10 bits per heavy atom. The molecule has 0 bridgehead atoms. The molecule has 1 radical (unpaired) electrons. The van der Waals surface area contributed by atoms with Crippen molar-refractivity contribution in [3.8, 4) is 5.75 Å². The average molecular weight is 300 g/mol. The van der Waals surface area contributed by atoms with Crippen molar-refractivity contribution in [1.29, 1.82) is 0 Å². The molecule has 0 aromatic heterocycles. The van der Waals surface area contributed by atoms with Gasteiger partial charge in [-0.05, 0) is 23.3 Å². The molecule has 0 fully saturated rings. The van der Waals surface area contributed by atoms with E-state index in [-0.39, 0.29) is 36.0 Å². The zero-order valence-electron chi connectivity index (χ0n) is 11.2. The van der Waals surface area contributed by atoms with Crippen LogP contribution in [0.25, 0.3) is 0 Å². The van der Waals surface area contributed by atoms with E-state index in [1.165, 1.54) is 0 Å². The number of halogens is 1. The Morgan fingerprint density at radius 2 is 1.80 bits per heavy atom. The van der Waals surface area contributed by atoms with E-state index in [1.807, 2.05) is 30.3 Å². The minimum absolute atomic E-state index is 0. The van der Waals surface area contributed by atoms with Crippen molar-refractivity contribution in [3.05, 3.63) is 64.7 Å². The fourth-order valence-electron chi connectivity index (χ4n) is 1.68. The number of benzene rings is 2. The van der Waals surface area contributed by atoms with Crippen LogP contribution in [0.5, 0.6) is 5.75 Å². The molecule has 0 saturated carbocycles. The van der Waals surface area contributed by atoms with Crippen LogP contribution in [0.15, 0.2) is 48.5 Å². The molecule has 20 heavy (non-hydrogen) atoms. The van der Waals surface area contributed by atoms with Crippen LogP contribution < -0.4 is 4.74 Å². The molecule has 1 N–H and O–H groups in total. The molecule has 0 aliphatic heterocycles. The van der Waals surface area contributed by atoms with E-state index >= 15 is 0 Å². The predicted molar refractivity (Wildman–Crippen MR) is 79.3 cm³/mol. The van der Waals surface area contributed by atoms with Crippen molar-refractivity contribution >= 4 is 47.1 Å². The fraction of sp³-hybridized carbons (Fsp3) is 0.133. The Morgan fingerprint density at radius 3 is 2.40 bits per heavy atom. The first-order valence-corrected chi connectivity index (χ1v) is 6.20. The van der Waals surface area contributed by atoms with Crippen molar-refractivity contribution in [2.75, 3.05) is 0 Å². The molecular formula is C15H13ClNaO3. The van der Waals surface area contributed by atoms with E-state index < -0.39 is 5.97 Å². The third kappa shape index (κ3) is 5.17. The van der Waals surface area contributed by atoms with Gasteiger partial charge in [0.25, 0.3) is 0 Å². The first kappa shape index (κ1) is 17.1. The molecule has 5 heteroatoms. The summed E-state index contributed by atoms with van der Waals surface area (Å²) in [6.07, 6.45) is -0.0430. The van der Waals surface area contributed by atoms with Gasteiger partial charge >= 0.3 is 5.97 Å². The molecule has 2 aromatic carbocycles. The number of ether oxygens (including phenoxy) is 1. The smallest absolute Gasteiger partial charge is 0.307 e. The second-order valence-electron chi connectivity index (χ2n) is 4.11. The van der Waals surface area contributed by atoms with Crippen LogP contribution in [0.1, 0.15) is 11.1 Å². The van der Waals surface area contributed by atoms with Gasteiger partial charge in [0.1, 0.15) is 12.4 Å². The molecule has 0 saturated heterocycles. The molecule has 0 spiro atoms. The molecule has 2 aromatic rings. The van der Waals surface area contributed by atoms with Gasteiger partial charge in [-0.1, -0.05) is 48.0 Å². The topological polar surface area (TPSA) is 46.5 Å². The van der Waals surface area contributed by atoms with Crippen LogP contribution in [-0.2, 0) is 17.8 Å². The van der Waals surface area contributed by atoms with E-state index in [0.29, 0.717) is 22.9 Å². The fourth-order valence-corrected chi connectivity index (χ4v) is 1.94. The van der Waals surface area contributed by atoms with Gasteiger partial charge in [0, 0.05) is 29.6 Å². The summed E-state index contributed by atoms with van der Waals surface area (Å²) in [5.41, 5.74) is 1.71. The van der Waals surface area contributed by atoms with Gasteiger partial charge in [-0.25, -0.2) is 0 Å². The first-order chi connectivity index (χ1) is 9.15. The van der Waals surface area contributed by atoms with Gasteiger partial charge in [0.15, 0.2) is 0 Å². The van der Waals surface area contributed by atoms with Gasteiger partial charge in [-0.2, -0.15) is 0 Å². The summed E-state index contributed by atoms with van der Waals surface area (Å²) < 4.78 is 5.60. The van der Waals surface area contributed by atoms with Crippen LogP contribution in [0.4, 0.5) is 0 Å². The average Bonchev–Trinajstić information content (AvgIpc) is 2.38. The standard InChI is InChI=1S/C15H13ClO3.Na/c16-13-8-12(9-15(17)18)6-7-14(13)19-10-11-4-2-1-3-5-11;/h1-8H,9-10H2,(H,17,18);. The van der Waals surface area contributed by atoms with Gasteiger partial charge in [-0.15, -0.1) is 0 Å². The summed E-state index contributed by atoms with van der Waals surface area (Å²) in [6, 6.07) is 14.8. The Hall–Kier alpha value is -1.000. The van der Waals surface area contributed by atoms with Crippen molar-refractivity contribution < 1.29 is 14.6 Å². The van der Waals surface area contributed by atoms with Gasteiger partial charge in [-0.3, -0.25) is 4.79 Å². The molecule has 3 nitrogen and oxygen atoms in total. The van der Waals surface area contributed by atoms with E-state index in [0.717, 1.165) is 5.56 Å². The second kappa shape index (κ2) is 8.32. The third-order valence-electron chi connectivity index (χ3n) is 2.59. The minimum atomic E-state index is -0.881. The molecule has 0 heterocycles. The minimum Gasteiger partial charge on any atom is -0.487 e. The van der Waals surface area contributed by atoms with E-state index in [1.54, 1.807) is 18.2 Å². The van der Waals surface area contributed by atoms with Crippen LogP contribution in [0, 0.1) is 0 Å². The van der Waals surface area contributed by atoms with Crippen LogP contribution in [0.3, 0.4) is 0 Å². The number of aliphatic carboxylic acids is 1. The number of carbonyl (C=O) groups is 1. The van der Waals surface area contributed by atoms with E-state index in [2.05, 4.69) is 0 Å². The summed E-state index contributed by atoms with van der Waals surface area (Å²) in [5.74, 6) is -0.325. The quantitative estimate of drug-likeness (QED) is 0.863. The van der Waals surface area contributed by atoms with Gasteiger partial charge < -0.3 is 9.84 Å². The maximum atomic E-state index is 10.6. The molecule has 0 aliphatic rings. The molecule has 99 valence electrons. The Kier molecular flexibility index (Phi) is 7.10. The summed E-state index contributed by atoms with van der Waals surface area (Å²) in [5, 5.41) is 9.13. The SMILES string of the molecule is O=C(O)Cc1ccc(OCc2ccccc2)c(Cl)c1.[Na]. The van der Waals surface area contributed by atoms with Crippen LogP contribution in [-0.4, -0.2) is 40.6 Å². The van der Waals surface area contributed by atoms with Crippen molar-refractivity contribution in [2.45, 2.75) is 13.0 Å². The van der Waals surface area contributed by atoms with E-state index in [4.69, 9.17) is 21.4 Å². The normalized spacial score (nSPS) is 9.65. The maximum Gasteiger partial charge on any atom is 0.307 e. The zero-order valence-corrected chi connectivity index (χ0v) is 13.9. The summed E-state index contributed by atoms with van der Waals surface area (Å²) in [4.78, 5) is 10.6. The monoisotopic (exact) mass is 299 g/mol. The van der Waals surface area contributed by atoms with Gasteiger partial charge in [0.2, 0.25) is 0 Å². The molecule has 0 unspecified atom stereocenters. The second-order valence-corrected chi connectivity index (χ2v) is 4.52. The maximum absolute atomic E-state index is 10.6. The number of hydrogen-bond donors (Lipinski definition) is 1. The third-order valence-corrected chi connectivity index (χ3v) is 2.88. The largest absolute Gasteiger partial charge is 0.487 e. The number of rotatable bonds is 5. The summed E-state index contributed by atoms with van der Waals surface area (Å²) in [7, 11) is 0. The number of carboxylic acids is 1. The first-order valence-electron chi connectivity index (χ1n) is 5.82. The molecular weight excluding hydrogens is 287 g/mol. The Bertz CT molecular complexity index is 573. The number of hydrogen-bond acceptors (Lipinski definition) is 2. The van der Waals surface area contributed by atoms with Crippen molar-refractivity contribution in [1.82, 2.24) is 0 Å². The Labute approximate surface area is 144 Å².